The monoisotopic (exact) mass is 661 g/mol. The predicted molar refractivity (Wildman–Crippen MR) is 178 cm³/mol. The van der Waals surface area contributed by atoms with Crippen molar-refractivity contribution in [3.63, 3.8) is 0 Å². The summed E-state index contributed by atoms with van der Waals surface area (Å²) in [6.07, 6.45) is 3.83. The van der Waals surface area contributed by atoms with Crippen LogP contribution in [0, 0.1) is 12.7 Å². The number of carbonyl (C=O) groups excluding carboxylic acids is 2. The lowest BCUT2D eigenvalue weighted by atomic mass is 10.0. The van der Waals surface area contributed by atoms with E-state index in [2.05, 4.69) is 5.32 Å². The predicted octanol–water partition coefficient (Wildman–Crippen LogP) is 6.68. The number of nitrogens with zero attached hydrogens (tertiary/aromatic N) is 2. The number of halogens is 2. The van der Waals surface area contributed by atoms with Gasteiger partial charge in [-0.1, -0.05) is 90.7 Å². The quantitative estimate of drug-likeness (QED) is 0.184. The lowest BCUT2D eigenvalue weighted by Crippen LogP contribution is -2.54. The summed E-state index contributed by atoms with van der Waals surface area (Å²) >= 11 is 6.13. The largest absolute Gasteiger partial charge is 0.352 e. The molecule has 46 heavy (non-hydrogen) atoms. The highest BCUT2D eigenvalue weighted by atomic mass is 35.5. The molecule has 5 rings (SSSR count). The summed E-state index contributed by atoms with van der Waals surface area (Å²) in [6, 6.07) is 26.8. The molecule has 0 aromatic heterocycles. The van der Waals surface area contributed by atoms with Crippen LogP contribution in [0.5, 0.6) is 0 Å². The minimum atomic E-state index is -4.25. The van der Waals surface area contributed by atoms with Gasteiger partial charge in [0.25, 0.3) is 10.0 Å². The van der Waals surface area contributed by atoms with Crippen molar-refractivity contribution in [2.45, 2.75) is 62.6 Å². The number of anilines is 1. The standard InChI is InChI=1S/C36H37ClFN3O4S/c1-26-15-21-32(22-16-26)46(44,45)41(31-19-17-29(37)18-20-31)25-35(42)40(24-28-11-5-8-14-33(28)38)34(23-27-9-3-2-4-10-27)36(43)39-30-12-6-7-13-30/h2-5,8-11,14-22,30,34H,6-7,12-13,23-25H2,1H3,(H,39,43)/t34-/m1/s1. The number of hydrogen-bond acceptors (Lipinski definition) is 4. The van der Waals surface area contributed by atoms with Crippen molar-refractivity contribution in [1.29, 1.82) is 0 Å². The normalized spacial score (nSPS) is 14.1. The molecule has 1 aliphatic rings. The van der Waals surface area contributed by atoms with Crippen molar-refractivity contribution in [3.05, 3.63) is 131 Å². The van der Waals surface area contributed by atoms with E-state index in [4.69, 9.17) is 11.6 Å². The van der Waals surface area contributed by atoms with Crippen molar-refractivity contribution < 1.29 is 22.4 Å². The number of sulfonamides is 1. The molecule has 240 valence electrons. The van der Waals surface area contributed by atoms with Crippen LogP contribution >= 0.6 is 11.6 Å². The van der Waals surface area contributed by atoms with Crippen molar-refractivity contribution >= 4 is 39.1 Å². The van der Waals surface area contributed by atoms with Gasteiger partial charge in [-0.3, -0.25) is 13.9 Å². The molecular weight excluding hydrogens is 625 g/mol. The van der Waals surface area contributed by atoms with E-state index in [0.717, 1.165) is 41.1 Å². The average Bonchev–Trinajstić information content (AvgIpc) is 3.56. The first-order chi connectivity index (χ1) is 22.1. The van der Waals surface area contributed by atoms with Crippen LogP contribution in [0.15, 0.2) is 108 Å². The molecular formula is C36H37ClFN3O4S. The lowest BCUT2D eigenvalue weighted by molar-refractivity contribution is -0.140. The molecule has 1 atom stereocenters. The Balaban J connectivity index is 1.57. The summed E-state index contributed by atoms with van der Waals surface area (Å²) in [7, 11) is -4.25. The fraction of sp³-hybridized carbons (Fsp3) is 0.278. The van der Waals surface area contributed by atoms with Gasteiger partial charge in [0.05, 0.1) is 10.6 Å². The number of rotatable bonds is 12. The molecule has 0 unspecified atom stereocenters. The Morgan fingerprint density at radius 2 is 1.52 bits per heavy atom. The molecule has 0 bridgehead atoms. The SMILES string of the molecule is Cc1ccc(S(=O)(=O)N(CC(=O)N(Cc2ccccc2F)[C@H](Cc2ccccc2)C(=O)NC2CCCC2)c2ccc(Cl)cc2)cc1. The van der Waals surface area contributed by atoms with E-state index in [9.17, 15) is 18.0 Å². The van der Waals surface area contributed by atoms with Crippen LogP contribution in [0.1, 0.15) is 42.4 Å². The van der Waals surface area contributed by atoms with E-state index in [-0.39, 0.29) is 41.1 Å². The third-order valence-corrected chi connectivity index (χ3v) is 10.3. The van der Waals surface area contributed by atoms with Crippen LogP contribution in [0.3, 0.4) is 0 Å². The molecule has 0 heterocycles. The van der Waals surface area contributed by atoms with Gasteiger partial charge in [0.1, 0.15) is 18.4 Å². The van der Waals surface area contributed by atoms with Crippen LogP contribution in [0.25, 0.3) is 0 Å². The fourth-order valence-corrected chi connectivity index (χ4v) is 7.25. The van der Waals surface area contributed by atoms with Gasteiger partial charge in [0.2, 0.25) is 11.8 Å². The van der Waals surface area contributed by atoms with E-state index in [1.807, 2.05) is 37.3 Å². The summed E-state index contributed by atoms with van der Waals surface area (Å²) in [6.45, 7) is 0.982. The zero-order valence-electron chi connectivity index (χ0n) is 25.6. The molecule has 0 aliphatic heterocycles. The van der Waals surface area contributed by atoms with Crippen LogP contribution in [0.2, 0.25) is 5.02 Å². The Kier molecular flexibility index (Phi) is 10.8. The second-order valence-corrected chi connectivity index (χ2v) is 13.9. The molecule has 7 nitrogen and oxygen atoms in total. The molecule has 2 amide bonds. The van der Waals surface area contributed by atoms with E-state index in [1.54, 1.807) is 42.5 Å². The van der Waals surface area contributed by atoms with E-state index >= 15 is 4.39 Å². The maximum atomic E-state index is 15.1. The molecule has 1 N–H and O–H groups in total. The summed E-state index contributed by atoms with van der Waals surface area (Å²) in [5.74, 6) is -1.55. The van der Waals surface area contributed by atoms with E-state index in [0.29, 0.717) is 5.02 Å². The van der Waals surface area contributed by atoms with Gasteiger partial charge < -0.3 is 10.2 Å². The summed E-state index contributed by atoms with van der Waals surface area (Å²) in [5, 5.41) is 3.51. The van der Waals surface area contributed by atoms with Crippen LogP contribution in [-0.2, 0) is 32.6 Å². The fourth-order valence-electron chi connectivity index (χ4n) is 5.71. The van der Waals surface area contributed by atoms with Gasteiger partial charge in [-0.2, -0.15) is 0 Å². The minimum Gasteiger partial charge on any atom is -0.352 e. The lowest BCUT2D eigenvalue weighted by Gasteiger charge is -2.34. The second kappa shape index (κ2) is 14.9. The van der Waals surface area contributed by atoms with Crippen LogP contribution < -0.4 is 9.62 Å². The van der Waals surface area contributed by atoms with Gasteiger partial charge in [-0.15, -0.1) is 0 Å². The minimum absolute atomic E-state index is 0.00122. The summed E-state index contributed by atoms with van der Waals surface area (Å²) in [5.41, 5.74) is 2.12. The van der Waals surface area contributed by atoms with Crippen molar-refractivity contribution in [2.75, 3.05) is 10.8 Å². The first kappa shape index (κ1) is 33.2. The zero-order chi connectivity index (χ0) is 32.7. The summed E-state index contributed by atoms with van der Waals surface area (Å²) < 4.78 is 44.3. The zero-order valence-corrected chi connectivity index (χ0v) is 27.2. The van der Waals surface area contributed by atoms with Crippen molar-refractivity contribution in [1.82, 2.24) is 10.2 Å². The molecule has 10 heteroatoms. The topological polar surface area (TPSA) is 86.8 Å². The Bertz CT molecular complexity index is 1750. The number of aryl methyl sites for hydroxylation is 1. The molecule has 0 saturated heterocycles. The highest BCUT2D eigenvalue weighted by molar-refractivity contribution is 7.92. The Labute approximate surface area is 275 Å². The molecule has 0 spiro atoms. The Hall–Kier alpha value is -4.21. The molecule has 1 saturated carbocycles. The first-order valence-electron chi connectivity index (χ1n) is 15.3. The van der Waals surface area contributed by atoms with Gasteiger partial charge >= 0.3 is 0 Å². The second-order valence-electron chi connectivity index (χ2n) is 11.6. The molecule has 4 aromatic rings. The average molecular weight is 662 g/mol. The van der Waals surface area contributed by atoms with Gasteiger partial charge in [-0.25, -0.2) is 12.8 Å². The maximum absolute atomic E-state index is 15.1. The number of amides is 2. The third kappa shape index (κ3) is 8.13. The first-order valence-corrected chi connectivity index (χ1v) is 17.2. The van der Waals surface area contributed by atoms with Gasteiger partial charge in [0.15, 0.2) is 0 Å². The molecule has 1 aliphatic carbocycles. The van der Waals surface area contributed by atoms with E-state index in [1.165, 1.54) is 35.2 Å². The van der Waals surface area contributed by atoms with Crippen LogP contribution in [0.4, 0.5) is 10.1 Å². The summed E-state index contributed by atoms with van der Waals surface area (Å²) in [4.78, 5) is 29.8. The molecule has 4 aromatic carbocycles. The Morgan fingerprint density at radius 3 is 2.17 bits per heavy atom. The van der Waals surface area contributed by atoms with Crippen molar-refractivity contribution in [3.8, 4) is 0 Å². The van der Waals surface area contributed by atoms with Gasteiger partial charge in [0, 0.05) is 29.6 Å². The van der Waals surface area contributed by atoms with Crippen molar-refractivity contribution in [2.24, 2.45) is 0 Å². The van der Waals surface area contributed by atoms with Gasteiger partial charge in [-0.05, 0) is 67.8 Å². The number of nitrogens with one attached hydrogen (secondary N) is 1. The molecule has 0 radical (unpaired) electrons. The number of hydrogen-bond donors (Lipinski definition) is 1. The smallest absolute Gasteiger partial charge is 0.264 e. The maximum Gasteiger partial charge on any atom is 0.264 e. The number of carbonyl (C=O) groups is 2. The Morgan fingerprint density at radius 1 is 0.891 bits per heavy atom. The van der Waals surface area contributed by atoms with E-state index < -0.39 is 34.3 Å². The van der Waals surface area contributed by atoms with Crippen LogP contribution in [-0.4, -0.2) is 43.8 Å². The number of benzene rings is 4. The molecule has 1 fully saturated rings. The third-order valence-electron chi connectivity index (χ3n) is 8.27. The highest BCUT2D eigenvalue weighted by Crippen LogP contribution is 2.27. The highest BCUT2D eigenvalue weighted by Gasteiger charge is 2.36.